The van der Waals surface area contributed by atoms with Crippen LogP contribution in [0.3, 0.4) is 0 Å². The van der Waals surface area contributed by atoms with E-state index in [0.717, 1.165) is 11.8 Å². The van der Waals surface area contributed by atoms with Gasteiger partial charge in [0, 0.05) is 30.3 Å². The molecule has 0 aliphatic heterocycles. The Bertz CT molecular complexity index is 434. The summed E-state index contributed by atoms with van der Waals surface area (Å²) in [5, 5.41) is 0.790. The van der Waals surface area contributed by atoms with Crippen LogP contribution >= 0.6 is 15.9 Å². The highest BCUT2D eigenvalue weighted by Gasteiger charge is 2.26. The van der Waals surface area contributed by atoms with Gasteiger partial charge in [0.25, 0.3) is 0 Å². The molecule has 0 atom stereocenters. The largest absolute Gasteiger partial charge is 0.263 e. The lowest BCUT2D eigenvalue weighted by atomic mass is 10.4. The molecule has 0 aliphatic rings. The molecule has 1 aromatic rings. The van der Waals surface area contributed by atoms with Crippen molar-refractivity contribution in [2.75, 3.05) is 11.9 Å². The molecule has 1 aromatic heterocycles. The summed E-state index contributed by atoms with van der Waals surface area (Å²) in [7, 11) is -3.42. The number of nitrogens with zero attached hydrogens (tertiary/aromatic N) is 2. The summed E-state index contributed by atoms with van der Waals surface area (Å²) in [5.41, 5.74) is 0. The van der Waals surface area contributed by atoms with Gasteiger partial charge in [0.05, 0.1) is 0 Å². The third kappa shape index (κ3) is 3.76. The first kappa shape index (κ1) is 14.6. The smallest absolute Gasteiger partial charge is 0.244 e. The van der Waals surface area contributed by atoms with Gasteiger partial charge in [0.2, 0.25) is 10.0 Å². The summed E-state index contributed by atoms with van der Waals surface area (Å²) in [6.45, 7) is 4.27. The topological polar surface area (TPSA) is 50.3 Å². The fourth-order valence-electron chi connectivity index (χ4n) is 1.51. The molecule has 0 saturated heterocycles. The number of alkyl halides is 1. The van der Waals surface area contributed by atoms with E-state index < -0.39 is 10.0 Å². The van der Waals surface area contributed by atoms with Crippen LogP contribution in [0.25, 0.3) is 0 Å². The number of aromatic nitrogens is 1. The highest BCUT2D eigenvalue weighted by Crippen LogP contribution is 2.17. The predicted molar refractivity (Wildman–Crippen MR) is 71.7 cm³/mol. The fourth-order valence-corrected chi connectivity index (χ4v) is 3.40. The van der Waals surface area contributed by atoms with Crippen molar-refractivity contribution < 1.29 is 8.42 Å². The monoisotopic (exact) mass is 320 g/mol. The average Bonchev–Trinajstić information content (AvgIpc) is 2.30. The van der Waals surface area contributed by atoms with Crippen LogP contribution in [0, 0.1) is 0 Å². The minimum atomic E-state index is -3.42. The Morgan fingerprint density at radius 3 is 2.65 bits per heavy atom. The molecule has 1 rings (SSSR count). The Balaban J connectivity index is 3.01. The number of pyridine rings is 1. The van der Waals surface area contributed by atoms with Crippen LogP contribution in [0.1, 0.15) is 20.3 Å². The zero-order valence-electron chi connectivity index (χ0n) is 10.0. The van der Waals surface area contributed by atoms with Crippen LogP contribution in [-0.4, -0.2) is 35.6 Å². The zero-order chi connectivity index (χ0) is 12.9. The number of hydrogen-bond donors (Lipinski definition) is 0. The molecule has 0 bridgehead atoms. The van der Waals surface area contributed by atoms with Gasteiger partial charge in [-0.05, 0) is 32.4 Å². The summed E-state index contributed by atoms with van der Waals surface area (Å²) >= 11 is 3.32. The maximum Gasteiger partial charge on any atom is 0.244 e. The van der Waals surface area contributed by atoms with Crippen LogP contribution < -0.4 is 0 Å². The van der Waals surface area contributed by atoms with Gasteiger partial charge in [-0.25, -0.2) is 8.42 Å². The molecule has 6 heteroatoms. The molecule has 0 fully saturated rings. The van der Waals surface area contributed by atoms with Gasteiger partial charge in [-0.3, -0.25) is 4.98 Å². The lowest BCUT2D eigenvalue weighted by Gasteiger charge is -2.25. The Morgan fingerprint density at radius 1 is 1.47 bits per heavy atom. The molecule has 0 radical (unpaired) electrons. The Hall–Kier alpha value is -0.460. The van der Waals surface area contributed by atoms with Crippen molar-refractivity contribution in [3.05, 3.63) is 24.5 Å². The van der Waals surface area contributed by atoms with E-state index in [4.69, 9.17) is 0 Å². The molecule has 0 N–H and O–H groups in total. The Kier molecular flexibility index (Phi) is 5.55. The van der Waals surface area contributed by atoms with Crippen molar-refractivity contribution in [1.82, 2.24) is 9.29 Å². The van der Waals surface area contributed by atoms with Crippen molar-refractivity contribution in [3.63, 3.8) is 0 Å². The molecule has 0 unspecified atom stereocenters. The van der Waals surface area contributed by atoms with E-state index in [-0.39, 0.29) is 10.9 Å². The second-order valence-electron chi connectivity index (χ2n) is 3.94. The average molecular weight is 321 g/mol. The molecule has 0 aliphatic carbocycles. The number of hydrogen-bond acceptors (Lipinski definition) is 3. The summed E-state index contributed by atoms with van der Waals surface area (Å²) < 4.78 is 26.2. The first-order chi connectivity index (χ1) is 8.00. The lowest BCUT2D eigenvalue weighted by molar-refractivity contribution is 0.355. The summed E-state index contributed by atoms with van der Waals surface area (Å²) in [6, 6.07) is 3.15. The highest BCUT2D eigenvalue weighted by atomic mass is 79.9. The third-order valence-corrected chi connectivity index (χ3v) is 4.95. The van der Waals surface area contributed by atoms with E-state index in [2.05, 4.69) is 20.9 Å². The van der Waals surface area contributed by atoms with Gasteiger partial charge in [-0.1, -0.05) is 15.9 Å². The Morgan fingerprint density at radius 2 is 2.18 bits per heavy atom. The lowest BCUT2D eigenvalue weighted by Crippen LogP contribution is -2.37. The van der Waals surface area contributed by atoms with Crippen LogP contribution in [0.4, 0.5) is 0 Å². The van der Waals surface area contributed by atoms with Gasteiger partial charge in [-0.2, -0.15) is 4.31 Å². The number of sulfonamides is 1. The second kappa shape index (κ2) is 6.47. The molecule has 1 heterocycles. The molecule has 0 aromatic carbocycles. The molecule has 4 nitrogen and oxygen atoms in total. The normalized spacial score (nSPS) is 12.3. The first-order valence-corrected chi connectivity index (χ1v) is 8.04. The van der Waals surface area contributed by atoms with Crippen molar-refractivity contribution in [3.8, 4) is 0 Å². The van der Waals surface area contributed by atoms with Crippen LogP contribution in [-0.2, 0) is 10.0 Å². The number of halogens is 1. The van der Waals surface area contributed by atoms with E-state index in [0.29, 0.717) is 6.54 Å². The molecule has 17 heavy (non-hydrogen) atoms. The molecular weight excluding hydrogens is 304 g/mol. The maximum atomic E-state index is 12.4. The molecule has 0 saturated carbocycles. The van der Waals surface area contributed by atoms with Gasteiger partial charge in [0.15, 0.2) is 0 Å². The van der Waals surface area contributed by atoms with E-state index >= 15 is 0 Å². The summed E-state index contributed by atoms with van der Waals surface area (Å²) in [4.78, 5) is 4.11. The molecule has 96 valence electrons. The van der Waals surface area contributed by atoms with Crippen molar-refractivity contribution in [1.29, 1.82) is 0 Å². The first-order valence-electron chi connectivity index (χ1n) is 5.48. The van der Waals surface area contributed by atoms with Crippen LogP contribution in [0.2, 0.25) is 0 Å². The molecule has 0 spiro atoms. The van der Waals surface area contributed by atoms with Crippen molar-refractivity contribution in [2.24, 2.45) is 0 Å². The van der Waals surface area contributed by atoms with Gasteiger partial charge in [-0.15, -0.1) is 0 Å². The molecule has 0 amide bonds. The highest BCUT2D eigenvalue weighted by molar-refractivity contribution is 9.09. The van der Waals surface area contributed by atoms with E-state index in [9.17, 15) is 8.42 Å². The van der Waals surface area contributed by atoms with Gasteiger partial charge < -0.3 is 0 Å². The van der Waals surface area contributed by atoms with Gasteiger partial charge >= 0.3 is 0 Å². The van der Waals surface area contributed by atoms with Crippen molar-refractivity contribution >= 4 is 26.0 Å². The summed E-state index contributed by atoms with van der Waals surface area (Å²) in [6.07, 6.45) is 3.74. The van der Waals surface area contributed by atoms with E-state index in [1.165, 1.54) is 10.5 Å². The molecular formula is C11H17BrN2O2S. The summed E-state index contributed by atoms with van der Waals surface area (Å²) in [5.74, 6) is 0. The van der Waals surface area contributed by atoms with Crippen LogP contribution in [0.5, 0.6) is 0 Å². The van der Waals surface area contributed by atoms with Gasteiger partial charge in [0.1, 0.15) is 4.90 Å². The second-order valence-corrected chi connectivity index (χ2v) is 6.62. The zero-order valence-corrected chi connectivity index (χ0v) is 12.4. The van der Waals surface area contributed by atoms with Crippen molar-refractivity contribution in [2.45, 2.75) is 31.2 Å². The fraction of sp³-hybridized carbons (Fsp3) is 0.545. The minimum Gasteiger partial charge on any atom is -0.263 e. The maximum absolute atomic E-state index is 12.4. The minimum absolute atomic E-state index is 0.0562. The third-order valence-electron chi connectivity index (χ3n) is 2.33. The predicted octanol–water partition coefficient (Wildman–Crippen LogP) is 2.27. The quantitative estimate of drug-likeness (QED) is 0.755. The van der Waals surface area contributed by atoms with Crippen LogP contribution in [0.15, 0.2) is 29.4 Å². The van der Waals surface area contributed by atoms with E-state index in [1.54, 1.807) is 18.3 Å². The van der Waals surface area contributed by atoms with E-state index in [1.807, 2.05) is 13.8 Å². The standard InChI is InChI=1S/C11H17BrN2O2S/c1-10(2)14(8-4-6-12)17(15,16)11-5-3-7-13-9-11/h3,5,7,9-10H,4,6,8H2,1-2H3. The SMILES string of the molecule is CC(C)N(CCCBr)S(=O)(=O)c1cccnc1. The number of rotatable bonds is 6. The Labute approximate surface area is 111 Å².